The Kier molecular flexibility index (Phi) is 23.0. The van der Waals surface area contributed by atoms with Crippen molar-refractivity contribution in [3.8, 4) is 5.75 Å². The summed E-state index contributed by atoms with van der Waals surface area (Å²) in [6.45, 7) is 15.1. The number of anilines is 1. The van der Waals surface area contributed by atoms with Crippen LogP contribution in [0.4, 0.5) is 5.69 Å². The van der Waals surface area contributed by atoms with E-state index in [1.165, 1.54) is 29.7 Å². The first-order chi connectivity index (χ1) is 32.4. The van der Waals surface area contributed by atoms with E-state index in [1.54, 1.807) is 42.6 Å². The minimum Gasteiger partial charge on any atom is -0.506 e. The van der Waals surface area contributed by atoms with Gasteiger partial charge in [0.15, 0.2) is 11.9 Å². The molecule has 19 heteroatoms. The number of imide groups is 1. The summed E-state index contributed by atoms with van der Waals surface area (Å²) in [7, 11) is 5.39. The third kappa shape index (κ3) is 16.7. The van der Waals surface area contributed by atoms with Gasteiger partial charge in [-0.3, -0.25) is 48.2 Å². The zero-order chi connectivity index (χ0) is 51.9. The number of nitrogens with zero attached hydrogens (tertiary/aromatic N) is 4. The first-order valence-corrected chi connectivity index (χ1v) is 26.2. The van der Waals surface area contributed by atoms with Gasteiger partial charge in [0, 0.05) is 81.9 Å². The minimum absolute atomic E-state index is 0.0105. The summed E-state index contributed by atoms with van der Waals surface area (Å²) in [5, 5.41) is 18.0. The van der Waals surface area contributed by atoms with Crippen LogP contribution in [0.5, 0.6) is 5.75 Å². The summed E-state index contributed by atoms with van der Waals surface area (Å²) < 4.78 is 5.84. The van der Waals surface area contributed by atoms with Crippen LogP contribution in [0.25, 0.3) is 0 Å². The van der Waals surface area contributed by atoms with E-state index in [2.05, 4.69) is 15.6 Å². The summed E-state index contributed by atoms with van der Waals surface area (Å²) in [4.78, 5) is 115. The average molecular weight is 1000 g/mol. The molecule has 7 atom stereocenters. The Balaban J connectivity index is 1.84. The third-order valence-electron chi connectivity index (χ3n) is 13.5. The number of ether oxygens (including phenoxy) is 1. The van der Waals surface area contributed by atoms with Crippen molar-refractivity contribution in [3.63, 3.8) is 0 Å². The molecule has 0 bridgehead atoms. The lowest BCUT2D eigenvalue weighted by Crippen LogP contribution is -2.50. The molecule has 0 saturated carbocycles. The molecule has 2 aromatic rings. The fraction of sp³-hybridized carbons (Fsp3) is 0.660. The van der Waals surface area contributed by atoms with Crippen molar-refractivity contribution < 1.29 is 48.2 Å². The van der Waals surface area contributed by atoms with Crippen LogP contribution in [-0.4, -0.2) is 135 Å². The zero-order valence-electron chi connectivity index (χ0n) is 42.7. The Morgan fingerprint density at radius 3 is 2.30 bits per heavy atom. The van der Waals surface area contributed by atoms with Crippen molar-refractivity contribution in [2.45, 2.75) is 149 Å². The normalized spacial score (nSPS) is 16.7. The highest BCUT2D eigenvalue weighted by molar-refractivity contribution is 8.00. The number of nitrogens with one attached hydrogen (secondary N) is 2. The number of thiazole rings is 1. The van der Waals surface area contributed by atoms with Crippen molar-refractivity contribution >= 4 is 75.9 Å². The number of phenols is 1. The van der Waals surface area contributed by atoms with E-state index in [-0.39, 0.29) is 116 Å². The molecular weight excluding hydrogens is 923 g/mol. The van der Waals surface area contributed by atoms with Gasteiger partial charge in [-0.25, -0.2) is 4.98 Å². The van der Waals surface area contributed by atoms with E-state index in [0.29, 0.717) is 30.0 Å². The zero-order valence-corrected chi connectivity index (χ0v) is 44.4. The molecule has 2 heterocycles. The smallest absolute Gasteiger partial charge is 0.303 e. The van der Waals surface area contributed by atoms with Crippen LogP contribution in [0, 0.1) is 23.7 Å². The Bertz CT molecular complexity index is 2130. The summed E-state index contributed by atoms with van der Waals surface area (Å²) in [6, 6.07) is 3.62. The van der Waals surface area contributed by atoms with Gasteiger partial charge in [0.2, 0.25) is 23.6 Å². The van der Waals surface area contributed by atoms with Gasteiger partial charge in [-0.15, -0.1) is 11.3 Å². The lowest BCUT2D eigenvalue weighted by atomic mass is 9.81. The summed E-state index contributed by atoms with van der Waals surface area (Å²) in [5.41, 5.74) is 5.74. The molecule has 1 aliphatic heterocycles. The number of benzene rings is 1. The predicted molar refractivity (Wildman–Crippen MR) is 270 cm³/mol. The topological polar surface area (TPSA) is 239 Å². The van der Waals surface area contributed by atoms with E-state index in [0.717, 1.165) is 11.3 Å². The van der Waals surface area contributed by atoms with Gasteiger partial charge < -0.3 is 31.1 Å². The maximum Gasteiger partial charge on any atom is 0.303 e. The van der Waals surface area contributed by atoms with E-state index in [4.69, 9.17) is 10.5 Å². The lowest BCUT2D eigenvalue weighted by molar-refractivity contribution is -0.150. The minimum atomic E-state index is -0.910. The van der Waals surface area contributed by atoms with Gasteiger partial charge in [-0.05, 0) is 96.0 Å². The maximum atomic E-state index is 14.4. The summed E-state index contributed by atoms with van der Waals surface area (Å²) in [6.07, 6.45) is 3.44. The second-order valence-electron chi connectivity index (χ2n) is 19.4. The van der Waals surface area contributed by atoms with Gasteiger partial charge in [0.1, 0.15) is 22.2 Å². The van der Waals surface area contributed by atoms with Crippen molar-refractivity contribution in [2.24, 2.45) is 29.4 Å². The number of nitrogens with two attached hydrogens (primary N) is 1. The van der Waals surface area contributed by atoms with Crippen LogP contribution in [0.15, 0.2) is 23.6 Å². The number of Topliss-reactive ketones (excluding diaryl/α,β-unsaturated/α-hetero) is 2. The highest BCUT2D eigenvalue weighted by Gasteiger charge is 2.40. The molecule has 1 aromatic heterocycles. The molecule has 1 aliphatic rings. The number of carbonyl (C=O) groups is 8. The average Bonchev–Trinajstić information content (AvgIpc) is 3.89. The Morgan fingerprint density at radius 1 is 1.04 bits per heavy atom. The number of amides is 5. The quantitative estimate of drug-likeness (QED) is 0.0405. The second-order valence-corrected chi connectivity index (χ2v) is 21.4. The number of aromatic nitrogens is 1. The van der Waals surface area contributed by atoms with Gasteiger partial charge in [-0.2, -0.15) is 11.8 Å². The van der Waals surface area contributed by atoms with Gasteiger partial charge in [0.25, 0.3) is 5.91 Å². The number of likely N-dealkylation sites (tertiary alicyclic amines) is 1. The second kappa shape index (κ2) is 27.0. The number of carbonyl (C=O) groups excluding carboxylic acids is 8. The number of phenolic OH excluding ortho intramolecular Hbond substituents is 1. The molecule has 5 amide bonds. The molecule has 1 fully saturated rings. The molecule has 17 nitrogen and oxygen atoms in total. The van der Waals surface area contributed by atoms with Gasteiger partial charge in [-0.1, -0.05) is 47.1 Å². The monoisotopic (exact) mass is 1000 g/mol. The Hall–Kier alpha value is -4.72. The molecule has 1 saturated heterocycles. The first-order valence-electron chi connectivity index (χ1n) is 24.0. The van der Waals surface area contributed by atoms with Crippen molar-refractivity contribution in [1.82, 2.24) is 25.0 Å². The van der Waals surface area contributed by atoms with Crippen LogP contribution in [0.3, 0.4) is 0 Å². The molecule has 1 aromatic carbocycles. The third-order valence-corrected chi connectivity index (χ3v) is 15.4. The molecule has 2 unspecified atom stereocenters. The van der Waals surface area contributed by atoms with E-state index < -0.39 is 58.6 Å². The first kappa shape index (κ1) is 58.6. The fourth-order valence-electron chi connectivity index (χ4n) is 8.29. The predicted octanol–water partition coefficient (Wildman–Crippen LogP) is 6.17. The molecular formula is C50H77N7O10S2. The highest BCUT2D eigenvalue weighted by Crippen LogP contribution is 2.34. The van der Waals surface area contributed by atoms with Crippen LogP contribution in [0.2, 0.25) is 0 Å². The van der Waals surface area contributed by atoms with Crippen molar-refractivity contribution in [2.75, 3.05) is 45.8 Å². The Labute approximate surface area is 416 Å². The van der Waals surface area contributed by atoms with Crippen LogP contribution >= 0.6 is 23.1 Å². The number of ketones is 2. The fourth-order valence-corrected chi connectivity index (χ4v) is 9.76. The van der Waals surface area contributed by atoms with Crippen molar-refractivity contribution in [3.05, 3.63) is 39.8 Å². The van der Waals surface area contributed by atoms with E-state index >= 15 is 0 Å². The molecule has 384 valence electrons. The van der Waals surface area contributed by atoms with Crippen molar-refractivity contribution in [1.29, 1.82) is 0 Å². The Morgan fingerprint density at radius 2 is 1.72 bits per heavy atom. The molecule has 0 radical (unpaired) electrons. The van der Waals surface area contributed by atoms with Gasteiger partial charge >= 0.3 is 5.97 Å². The SMILES string of the molecule is CC[C@H](C)[C@H](CC(=O)C(C)(C)N(C)C)C(=O)N(C)[C@H](C[C@@H](OC(C)=O)c1nc(C(=O)N[C@@H](Cc2ccc(O)c(NC(=O)CCCN3C(=O)CC(SC)C3=O)c2)CC(C)C(=O)CCCN)cs1)C(C)C. The molecule has 0 aliphatic carbocycles. The van der Waals surface area contributed by atoms with Crippen LogP contribution in [-0.2, 0) is 44.7 Å². The molecule has 5 N–H and O–H groups in total. The number of likely N-dealkylation sites (N-methyl/N-ethyl adjacent to an activating group) is 1. The number of rotatable bonds is 29. The number of hydrogen-bond donors (Lipinski definition) is 4. The van der Waals surface area contributed by atoms with E-state index in [1.807, 2.05) is 60.5 Å². The van der Waals surface area contributed by atoms with Crippen LogP contribution in [0.1, 0.15) is 140 Å². The lowest BCUT2D eigenvalue weighted by Gasteiger charge is -2.38. The summed E-state index contributed by atoms with van der Waals surface area (Å²) >= 11 is 2.46. The standard InChI is InChI=1S/C50H77N7O10S2/c1-13-30(4)35(25-43(61)50(7,8)55(9)10)48(65)56(11)38(29(2)3)26-41(67-32(6)58)47-54-37(28-69-47)46(64)52-34(22-31(5)39(59)16-14-20-51)23-33-18-19-40(60)36(24-33)53-44(62)17-15-21-57-45(63)27-42(68-12)49(57)66/h18-19,24,28-31,34-35,38,41-42,60H,13-17,20-23,25-27,51H2,1-12H3,(H,52,64)(H,53,62)/t30-,31?,34+,35-,38+,41+,42?/m0/s1. The summed E-state index contributed by atoms with van der Waals surface area (Å²) in [5.74, 6) is -3.66. The number of hydrogen-bond acceptors (Lipinski definition) is 15. The molecule has 0 spiro atoms. The highest BCUT2D eigenvalue weighted by atomic mass is 32.2. The van der Waals surface area contributed by atoms with Gasteiger partial charge in [0.05, 0.1) is 16.5 Å². The number of thioether (sulfide) groups is 1. The largest absolute Gasteiger partial charge is 0.506 e. The molecule has 3 rings (SSSR count). The van der Waals surface area contributed by atoms with E-state index in [9.17, 15) is 43.5 Å². The number of esters is 1. The maximum absolute atomic E-state index is 14.4. The molecule has 69 heavy (non-hydrogen) atoms. The van der Waals surface area contributed by atoms with Crippen LogP contribution < -0.4 is 16.4 Å². The number of aromatic hydroxyl groups is 1.